The molecule has 0 aromatic rings. The fourth-order valence-electron chi connectivity index (χ4n) is 0.553. The minimum atomic E-state index is -0.168. The average molecular weight is 110 g/mol. The van der Waals surface area contributed by atoms with Crippen LogP contribution in [0.3, 0.4) is 0 Å². The fourth-order valence-corrected chi connectivity index (χ4v) is 0.553. The minimum Gasteiger partial charge on any atom is -0.207 e. The van der Waals surface area contributed by atoms with Gasteiger partial charge in [-0.25, -0.2) is 4.39 Å². The Hall–Kier alpha value is -0.850. The third kappa shape index (κ3) is 1.34. The van der Waals surface area contributed by atoms with Crippen molar-refractivity contribution in [1.29, 1.82) is 0 Å². The molecular weight excluding hydrogens is 103 g/mol. The number of rotatable bonds is 0. The largest absolute Gasteiger partial charge is 0.207 e. The van der Waals surface area contributed by atoms with Gasteiger partial charge in [-0.1, -0.05) is 18.2 Å². The molecule has 0 spiro atoms. The summed E-state index contributed by atoms with van der Waals surface area (Å²) >= 11 is 0. The second kappa shape index (κ2) is 2.46. The Bertz CT molecular complexity index is 152. The van der Waals surface area contributed by atoms with Gasteiger partial charge in [-0.3, -0.25) is 0 Å². The van der Waals surface area contributed by atoms with Crippen LogP contribution in [0.15, 0.2) is 36.2 Å². The molecule has 0 bridgehead atoms. The van der Waals surface area contributed by atoms with Crippen LogP contribution in [0.25, 0.3) is 0 Å². The van der Waals surface area contributed by atoms with Crippen molar-refractivity contribution in [3.05, 3.63) is 36.2 Å². The van der Waals surface area contributed by atoms with E-state index in [1.54, 1.807) is 12.2 Å². The third-order valence-corrected chi connectivity index (χ3v) is 0.941. The Morgan fingerprint density at radius 1 is 1.38 bits per heavy atom. The highest BCUT2D eigenvalue weighted by molar-refractivity contribution is 5.21. The van der Waals surface area contributed by atoms with Gasteiger partial charge in [-0.15, -0.1) is 0 Å². The number of hydrogen-bond acceptors (Lipinski definition) is 0. The third-order valence-electron chi connectivity index (χ3n) is 0.941. The van der Waals surface area contributed by atoms with Gasteiger partial charge in [-0.2, -0.15) is 0 Å². The minimum absolute atomic E-state index is 0.168. The van der Waals surface area contributed by atoms with Gasteiger partial charge in [0.25, 0.3) is 0 Å². The first kappa shape index (κ1) is 5.29. The van der Waals surface area contributed by atoms with E-state index < -0.39 is 0 Å². The van der Waals surface area contributed by atoms with E-state index in [2.05, 4.69) is 0 Å². The molecule has 0 saturated heterocycles. The molecule has 0 nitrogen and oxygen atoms in total. The molecule has 1 rings (SSSR count). The van der Waals surface area contributed by atoms with Crippen LogP contribution in [0.5, 0.6) is 0 Å². The maximum absolute atomic E-state index is 12.2. The molecule has 8 heavy (non-hydrogen) atoms. The van der Waals surface area contributed by atoms with Crippen LogP contribution in [0, 0.1) is 0 Å². The molecule has 0 saturated carbocycles. The zero-order chi connectivity index (χ0) is 5.82. The second-order valence-electron chi connectivity index (χ2n) is 1.62. The predicted molar refractivity (Wildman–Crippen MR) is 32.1 cm³/mol. The fraction of sp³-hybridized carbons (Fsp3) is 0.143. The molecule has 0 aromatic carbocycles. The van der Waals surface area contributed by atoms with Gasteiger partial charge in [0.1, 0.15) is 5.83 Å². The summed E-state index contributed by atoms with van der Waals surface area (Å²) in [6.07, 6.45) is 9.17. The van der Waals surface area contributed by atoms with Crippen LogP contribution in [0.1, 0.15) is 6.42 Å². The first-order valence-electron chi connectivity index (χ1n) is 2.58. The summed E-state index contributed by atoms with van der Waals surface area (Å²) in [7, 11) is 0. The van der Waals surface area contributed by atoms with Crippen LogP contribution >= 0.6 is 0 Å². The Morgan fingerprint density at radius 2 is 2.25 bits per heavy atom. The van der Waals surface area contributed by atoms with Crippen LogP contribution in [-0.4, -0.2) is 0 Å². The molecule has 0 N–H and O–H groups in total. The monoisotopic (exact) mass is 110 g/mol. The molecule has 1 aliphatic carbocycles. The lowest BCUT2D eigenvalue weighted by Gasteiger charge is -1.75. The zero-order valence-electron chi connectivity index (χ0n) is 4.47. The van der Waals surface area contributed by atoms with E-state index >= 15 is 0 Å². The van der Waals surface area contributed by atoms with Gasteiger partial charge in [0, 0.05) is 0 Å². The summed E-state index contributed by atoms with van der Waals surface area (Å²) in [6.45, 7) is 0. The van der Waals surface area contributed by atoms with Crippen LogP contribution in [0.2, 0.25) is 0 Å². The molecule has 0 radical (unpaired) electrons. The highest BCUT2D eigenvalue weighted by Crippen LogP contribution is 2.03. The molecule has 0 fully saturated rings. The summed E-state index contributed by atoms with van der Waals surface area (Å²) < 4.78 is 12.2. The van der Waals surface area contributed by atoms with Gasteiger partial charge in [0.05, 0.1) is 0 Å². The van der Waals surface area contributed by atoms with E-state index in [9.17, 15) is 4.39 Å². The summed E-state index contributed by atoms with van der Waals surface area (Å²) in [4.78, 5) is 0. The van der Waals surface area contributed by atoms with Gasteiger partial charge < -0.3 is 0 Å². The van der Waals surface area contributed by atoms with Gasteiger partial charge >= 0.3 is 0 Å². The second-order valence-corrected chi connectivity index (χ2v) is 1.62. The van der Waals surface area contributed by atoms with Crippen molar-refractivity contribution in [1.82, 2.24) is 0 Å². The first-order chi connectivity index (χ1) is 3.89. The standard InChI is InChI=1S/C7H7F/c8-7-5-3-1-2-4-6-7/h1,3-6H,2H2. The van der Waals surface area contributed by atoms with E-state index in [-0.39, 0.29) is 5.83 Å². The summed E-state index contributed by atoms with van der Waals surface area (Å²) in [5, 5.41) is 0. The van der Waals surface area contributed by atoms with E-state index in [1.165, 1.54) is 12.2 Å². The summed E-state index contributed by atoms with van der Waals surface area (Å²) in [5.74, 6) is -0.168. The normalized spacial score (nSPS) is 17.9. The van der Waals surface area contributed by atoms with E-state index in [0.717, 1.165) is 6.42 Å². The SMILES string of the molecule is FC1=CC=CCC=C1. The number of halogens is 1. The van der Waals surface area contributed by atoms with Crippen molar-refractivity contribution < 1.29 is 4.39 Å². The van der Waals surface area contributed by atoms with Gasteiger partial charge in [0.15, 0.2) is 0 Å². The van der Waals surface area contributed by atoms with Gasteiger partial charge in [-0.05, 0) is 18.6 Å². The maximum Gasteiger partial charge on any atom is 0.122 e. The average Bonchev–Trinajstić information content (AvgIpc) is 1.94. The van der Waals surface area contributed by atoms with Crippen molar-refractivity contribution in [2.75, 3.05) is 0 Å². The smallest absolute Gasteiger partial charge is 0.122 e. The van der Waals surface area contributed by atoms with Crippen molar-refractivity contribution >= 4 is 0 Å². The lowest BCUT2D eigenvalue weighted by atomic mass is 10.4. The molecule has 0 heterocycles. The molecule has 0 aliphatic heterocycles. The number of hydrogen-bond donors (Lipinski definition) is 0. The number of allylic oxidation sites excluding steroid dienone is 6. The van der Waals surface area contributed by atoms with E-state index in [0.29, 0.717) is 0 Å². The van der Waals surface area contributed by atoms with E-state index in [1.807, 2.05) is 6.08 Å². The quantitative estimate of drug-likeness (QED) is 0.449. The Balaban J connectivity index is 2.73. The summed E-state index contributed by atoms with van der Waals surface area (Å²) in [6, 6.07) is 0. The van der Waals surface area contributed by atoms with Crippen molar-refractivity contribution in [3.8, 4) is 0 Å². The lowest BCUT2D eigenvalue weighted by molar-refractivity contribution is 0.667. The summed E-state index contributed by atoms with van der Waals surface area (Å²) in [5.41, 5.74) is 0. The topological polar surface area (TPSA) is 0 Å². The Morgan fingerprint density at radius 3 is 3.12 bits per heavy atom. The molecular formula is C7H7F. The highest BCUT2D eigenvalue weighted by atomic mass is 19.1. The Kier molecular flexibility index (Phi) is 1.62. The van der Waals surface area contributed by atoms with Crippen LogP contribution < -0.4 is 0 Å². The van der Waals surface area contributed by atoms with Crippen molar-refractivity contribution in [2.24, 2.45) is 0 Å². The van der Waals surface area contributed by atoms with Crippen molar-refractivity contribution in [3.63, 3.8) is 0 Å². The van der Waals surface area contributed by atoms with Crippen LogP contribution in [0.4, 0.5) is 4.39 Å². The molecule has 0 atom stereocenters. The predicted octanol–water partition coefficient (Wildman–Crippen LogP) is 2.36. The molecule has 0 aromatic heterocycles. The molecule has 42 valence electrons. The molecule has 0 unspecified atom stereocenters. The Labute approximate surface area is 48.0 Å². The first-order valence-corrected chi connectivity index (χ1v) is 2.58. The van der Waals surface area contributed by atoms with Crippen LogP contribution in [-0.2, 0) is 0 Å². The van der Waals surface area contributed by atoms with E-state index in [4.69, 9.17) is 0 Å². The lowest BCUT2D eigenvalue weighted by Crippen LogP contribution is -1.57. The van der Waals surface area contributed by atoms with Crippen molar-refractivity contribution in [2.45, 2.75) is 6.42 Å². The zero-order valence-corrected chi connectivity index (χ0v) is 4.47. The molecule has 0 amide bonds. The maximum atomic E-state index is 12.2. The van der Waals surface area contributed by atoms with Gasteiger partial charge in [0.2, 0.25) is 0 Å². The molecule has 1 aliphatic rings. The highest BCUT2D eigenvalue weighted by Gasteiger charge is 1.84. The molecule has 1 heteroatoms.